The van der Waals surface area contributed by atoms with Crippen molar-refractivity contribution in [1.82, 2.24) is 25.5 Å². The van der Waals surface area contributed by atoms with Gasteiger partial charge < -0.3 is 25.2 Å². The summed E-state index contributed by atoms with van der Waals surface area (Å²) in [5.74, 6) is 0.423. The lowest BCUT2D eigenvalue weighted by Gasteiger charge is -2.51. The number of rotatable bonds is 10. The first-order chi connectivity index (χ1) is 28.5. The summed E-state index contributed by atoms with van der Waals surface area (Å²) >= 11 is 0. The number of amides is 2. The molecule has 7 atom stereocenters. The number of hydrogen-bond donors (Lipinski definition) is 3. The van der Waals surface area contributed by atoms with Crippen LogP contribution >= 0.6 is 0 Å². The second-order valence-electron chi connectivity index (χ2n) is 17.7. The molecule has 2 saturated heterocycles. The number of carbonyl (C=O) groups is 2. The summed E-state index contributed by atoms with van der Waals surface area (Å²) in [6.45, 7) is 9.32. The summed E-state index contributed by atoms with van der Waals surface area (Å²) < 4.78 is 13.8. The van der Waals surface area contributed by atoms with Crippen LogP contribution in [0.4, 0.5) is 0 Å². The van der Waals surface area contributed by atoms with E-state index in [1.807, 2.05) is 69.3 Å². The number of aromatic nitrogens is 2. The van der Waals surface area contributed by atoms with Gasteiger partial charge in [-0.25, -0.2) is 4.98 Å². The minimum Gasteiger partial charge on any atom is -0.392 e. The van der Waals surface area contributed by atoms with E-state index in [1.54, 1.807) is 0 Å². The van der Waals surface area contributed by atoms with Gasteiger partial charge in [0.15, 0.2) is 6.29 Å². The first-order valence-corrected chi connectivity index (χ1v) is 21.3. The molecule has 1 aromatic heterocycles. The lowest BCUT2D eigenvalue weighted by atomic mass is 9.75. The van der Waals surface area contributed by atoms with E-state index in [4.69, 9.17) is 9.47 Å². The van der Waals surface area contributed by atoms with Crippen molar-refractivity contribution in [3.05, 3.63) is 131 Å². The number of fused-ring (bicyclic) bond motifs is 2. The zero-order valence-electron chi connectivity index (χ0n) is 34.6. The third-order valence-corrected chi connectivity index (χ3v) is 12.4. The molecule has 0 unspecified atom stereocenters. The molecule has 5 aromatic rings. The van der Waals surface area contributed by atoms with Crippen LogP contribution in [0.1, 0.15) is 111 Å². The topological polar surface area (TPSA) is 126 Å². The van der Waals surface area contributed by atoms with Crippen molar-refractivity contribution < 1.29 is 24.2 Å². The van der Waals surface area contributed by atoms with Gasteiger partial charge in [-0.05, 0) is 98.4 Å². The maximum atomic E-state index is 13.9. The van der Waals surface area contributed by atoms with Crippen molar-refractivity contribution in [2.75, 3.05) is 6.54 Å². The zero-order valence-corrected chi connectivity index (χ0v) is 34.6. The van der Waals surface area contributed by atoms with Crippen molar-refractivity contribution in [2.45, 2.75) is 115 Å². The minimum absolute atomic E-state index is 0.00249. The lowest BCUT2D eigenvalue weighted by Crippen LogP contribution is -2.61. The largest absolute Gasteiger partial charge is 0.392 e. The number of likely N-dealkylation sites (tertiary alicyclic amines) is 1. The number of nitrogens with one attached hydrogen (secondary N) is 2. The lowest BCUT2D eigenvalue weighted by molar-refractivity contribution is -0.278. The molecule has 1 aliphatic carbocycles. The average Bonchev–Trinajstić information content (AvgIpc) is 3.25. The van der Waals surface area contributed by atoms with Gasteiger partial charge in [0.25, 0.3) is 5.91 Å². The van der Waals surface area contributed by atoms with Crippen LogP contribution in [0.15, 0.2) is 103 Å². The highest BCUT2D eigenvalue weighted by molar-refractivity contribution is 5.93. The molecule has 3 heterocycles. The molecule has 4 aromatic carbocycles. The van der Waals surface area contributed by atoms with Crippen molar-refractivity contribution >= 4 is 22.8 Å². The van der Waals surface area contributed by atoms with Gasteiger partial charge in [-0.1, -0.05) is 98.6 Å². The Bertz CT molecular complexity index is 2240. The quantitative estimate of drug-likeness (QED) is 0.129. The summed E-state index contributed by atoms with van der Waals surface area (Å²) in [6, 6.07) is 32.1. The Labute approximate surface area is 347 Å². The SMILES string of the molecule is C[C@@H]1[C@H](CN2[C@@H](C(=O)NC(C)(C)C)CC[C@H]3CCCC[C@H]32)O[C@H](c2ccc(-c3cccc(CNC(=O)c4cnc5ccccc5n4)c3)cc2)O[C@@H]1c1ccc(CO)cc1. The number of carbonyl (C=O) groups excluding carboxylic acids is 2. The fourth-order valence-corrected chi connectivity index (χ4v) is 9.30. The third-order valence-electron chi connectivity index (χ3n) is 12.4. The van der Waals surface area contributed by atoms with Crippen molar-refractivity contribution in [2.24, 2.45) is 11.8 Å². The van der Waals surface area contributed by atoms with Gasteiger partial charge >= 0.3 is 0 Å². The normalized spacial score (nSPS) is 24.9. The molecule has 0 radical (unpaired) electrons. The van der Waals surface area contributed by atoms with Crippen molar-refractivity contribution in [1.29, 1.82) is 0 Å². The fourth-order valence-electron chi connectivity index (χ4n) is 9.30. The van der Waals surface area contributed by atoms with Gasteiger partial charge in [0.2, 0.25) is 5.91 Å². The number of para-hydroxylation sites is 2. The number of hydrogen-bond acceptors (Lipinski definition) is 8. The van der Waals surface area contributed by atoms with E-state index >= 15 is 0 Å². The Morgan fingerprint density at radius 2 is 1.56 bits per heavy atom. The number of aliphatic hydroxyl groups excluding tert-OH is 1. The van der Waals surface area contributed by atoms with E-state index in [9.17, 15) is 14.7 Å². The molecule has 0 spiro atoms. The molecular weight excluding hydrogens is 739 g/mol. The second kappa shape index (κ2) is 17.7. The van der Waals surface area contributed by atoms with Crippen LogP contribution in [0.2, 0.25) is 0 Å². The van der Waals surface area contributed by atoms with E-state index in [2.05, 4.69) is 81.0 Å². The fraction of sp³-hybridized carbons (Fsp3) is 0.429. The molecule has 2 aliphatic heterocycles. The highest BCUT2D eigenvalue weighted by Crippen LogP contribution is 2.44. The smallest absolute Gasteiger partial charge is 0.271 e. The molecule has 8 rings (SSSR count). The van der Waals surface area contributed by atoms with Gasteiger partial charge in [0.05, 0.1) is 42.1 Å². The van der Waals surface area contributed by atoms with E-state index < -0.39 is 6.29 Å². The van der Waals surface area contributed by atoms with Crippen LogP contribution in [0, 0.1) is 11.8 Å². The maximum absolute atomic E-state index is 13.9. The van der Waals surface area contributed by atoms with Gasteiger partial charge in [-0.2, -0.15) is 0 Å². The average molecular weight is 796 g/mol. The molecule has 10 heteroatoms. The highest BCUT2D eigenvalue weighted by Gasteiger charge is 2.46. The summed E-state index contributed by atoms with van der Waals surface area (Å²) in [6.07, 6.45) is 7.12. The molecule has 0 bridgehead atoms. The molecule has 3 N–H and O–H groups in total. The summed E-state index contributed by atoms with van der Waals surface area (Å²) in [5, 5.41) is 16.1. The van der Waals surface area contributed by atoms with Gasteiger partial charge in [0.1, 0.15) is 5.69 Å². The standard InChI is InChI=1S/C49H57N5O5/c1-31-44(29-54-42-15-8-5-11-35(42)24-25-43(54)47(57)53-49(2,3)4)58-48(59-45(31)36-18-16-32(30-55)17-19-36)37-22-20-34(21-23-37)38-12-9-10-33(26-38)27-51-46(56)41-28-50-39-13-6-7-14-40(39)52-41/h6-7,9-10,12-14,16-23,26,28,31,35,42-45,48,55H,5,8,11,15,24-25,27,29-30H2,1-4H3,(H,51,56)(H,53,57)/t31-,35-,42-,43-,44+,45+,48+/m1/s1. The van der Waals surface area contributed by atoms with Crippen molar-refractivity contribution in [3.63, 3.8) is 0 Å². The Kier molecular flexibility index (Phi) is 12.2. The van der Waals surface area contributed by atoms with Gasteiger partial charge in [-0.3, -0.25) is 19.5 Å². The van der Waals surface area contributed by atoms with Crippen LogP contribution in [0.3, 0.4) is 0 Å². The van der Waals surface area contributed by atoms with Crippen LogP contribution in [0.25, 0.3) is 22.2 Å². The molecule has 59 heavy (non-hydrogen) atoms. The Morgan fingerprint density at radius 1 is 0.814 bits per heavy atom. The summed E-state index contributed by atoms with van der Waals surface area (Å²) in [7, 11) is 0. The Balaban J connectivity index is 1.01. The third kappa shape index (κ3) is 9.42. The van der Waals surface area contributed by atoms with E-state index in [1.165, 1.54) is 25.5 Å². The molecule has 3 fully saturated rings. The molecular formula is C49H57N5O5. The Hall–Kier alpha value is -5.00. The van der Waals surface area contributed by atoms with Crippen LogP contribution in [0.5, 0.6) is 0 Å². The summed E-state index contributed by atoms with van der Waals surface area (Å²) in [4.78, 5) is 38.3. The molecule has 1 saturated carbocycles. The highest BCUT2D eigenvalue weighted by atomic mass is 16.7. The van der Waals surface area contributed by atoms with E-state index in [-0.39, 0.29) is 53.8 Å². The van der Waals surface area contributed by atoms with E-state index in [0.29, 0.717) is 30.6 Å². The van der Waals surface area contributed by atoms with Gasteiger partial charge in [-0.15, -0.1) is 0 Å². The van der Waals surface area contributed by atoms with Crippen LogP contribution < -0.4 is 10.6 Å². The number of benzene rings is 4. The number of nitrogens with zero attached hydrogens (tertiary/aromatic N) is 3. The zero-order chi connectivity index (χ0) is 41.1. The monoisotopic (exact) mass is 795 g/mol. The predicted octanol–water partition coefficient (Wildman–Crippen LogP) is 8.45. The van der Waals surface area contributed by atoms with E-state index in [0.717, 1.165) is 58.2 Å². The van der Waals surface area contributed by atoms with Crippen LogP contribution in [-0.4, -0.2) is 62.1 Å². The molecule has 308 valence electrons. The van der Waals surface area contributed by atoms with Crippen molar-refractivity contribution in [3.8, 4) is 11.1 Å². The first kappa shape index (κ1) is 40.8. The van der Waals surface area contributed by atoms with Gasteiger partial charge in [0, 0.05) is 36.2 Å². The second-order valence-corrected chi connectivity index (χ2v) is 17.7. The minimum atomic E-state index is -0.624. The molecule has 2 amide bonds. The summed E-state index contributed by atoms with van der Waals surface area (Å²) in [5.41, 5.74) is 7.23. The first-order valence-electron chi connectivity index (χ1n) is 21.3. The molecule has 10 nitrogen and oxygen atoms in total. The maximum Gasteiger partial charge on any atom is 0.271 e. The number of ether oxygens (including phenoxy) is 2. The number of aliphatic hydroxyl groups is 1. The predicted molar refractivity (Wildman–Crippen MR) is 229 cm³/mol. The molecule has 3 aliphatic rings. The Morgan fingerprint density at radius 3 is 2.32 bits per heavy atom. The van der Waals surface area contributed by atoms with Crippen LogP contribution in [-0.2, 0) is 27.4 Å². The number of piperidine rings is 1.